The van der Waals surface area contributed by atoms with Gasteiger partial charge in [-0.3, -0.25) is 9.67 Å². The summed E-state index contributed by atoms with van der Waals surface area (Å²) in [6.45, 7) is 0.139. The van der Waals surface area contributed by atoms with Gasteiger partial charge in [0.2, 0.25) is 0 Å². The number of halogens is 2. The first kappa shape index (κ1) is 16.6. The molecule has 128 valence electrons. The highest BCUT2D eigenvalue weighted by Crippen LogP contribution is 2.29. The Kier molecular flexibility index (Phi) is 4.75. The first-order valence-electron chi connectivity index (χ1n) is 7.57. The number of fused-ring (bicyclic) bond motifs is 1. The quantitative estimate of drug-likeness (QED) is 0.743. The van der Waals surface area contributed by atoms with E-state index in [-0.39, 0.29) is 5.75 Å². The molecule has 0 bridgehead atoms. The van der Waals surface area contributed by atoms with E-state index >= 15 is 0 Å². The number of aromatic nitrogens is 3. The van der Waals surface area contributed by atoms with Crippen LogP contribution in [-0.2, 0) is 6.54 Å². The highest BCUT2D eigenvalue weighted by atomic mass is 19.3. The molecule has 2 heterocycles. The van der Waals surface area contributed by atoms with E-state index < -0.39 is 6.61 Å². The molecule has 0 unspecified atom stereocenters. The zero-order valence-electron chi connectivity index (χ0n) is 13.4. The third kappa shape index (κ3) is 3.83. The summed E-state index contributed by atoms with van der Waals surface area (Å²) in [4.78, 5) is 4.18. The van der Waals surface area contributed by atoms with Crippen LogP contribution in [0.1, 0.15) is 11.1 Å². The number of hydrogen-bond acceptors (Lipinski definition) is 5. The van der Waals surface area contributed by atoms with Crippen LogP contribution in [0.25, 0.3) is 10.9 Å². The molecule has 1 aromatic carbocycles. The Morgan fingerprint density at radius 3 is 2.88 bits per heavy atom. The second-order valence-corrected chi connectivity index (χ2v) is 5.42. The van der Waals surface area contributed by atoms with Gasteiger partial charge in [0.1, 0.15) is 11.8 Å². The van der Waals surface area contributed by atoms with Crippen molar-refractivity contribution in [1.82, 2.24) is 14.8 Å². The summed E-state index contributed by atoms with van der Waals surface area (Å²) >= 11 is 0. The molecule has 0 aliphatic heterocycles. The van der Waals surface area contributed by atoms with Gasteiger partial charge in [-0.2, -0.15) is 19.1 Å². The lowest BCUT2D eigenvalue weighted by atomic mass is 10.1. The molecule has 0 spiro atoms. The smallest absolute Gasteiger partial charge is 0.387 e. The number of rotatable bonds is 6. The number of nitrogens with one attached hydrogen (secondary N) is 1. The molecule has 0 radical (unpaired) electrons. The topological polar surface area (TPSA) is 75.8 Å². The van der Waals surface area contributed by atoms with Crippen LogP contribution >= 0.6 is 0 Å². The van der Waals surface area contributed by atoms with E-state index in [0.29, 0.717) is 35.2 Å². The molecular weight excluding hydrogens is 328 g/mol. The Balaban J connectivity index is 1.88. The van der Waals surface area contributed by atoms with Crippen LogP contribution in [0.4, 0.5) is 14.5 Å². The van der Waals surface area contributed by atoms with E-state index in [4.69, 9.17) is 0 Å². The van der Waals surface area contributed by atoms with Crippen molar-refractivity contribution in [3.63, 3.8) is 0 Å². The molecule has 2 aromatic heterocycles. The van der Waals surface area contributed by atoms with Gasteiger partial charge in [-0.1, -0.05) is 0 Å². The normalized spacial score (nSPS) is 10.8. The Morgan fingerprint density at radius 2 is 2.20 bits per heavy atom. The van der Waals surface area contributed by atoms with Gasteiger partial charge in [-0.05, 0) is 30.7 Å². The number of ether oxygens (including phenoxy) is 1. The fourth-order valence-corrected chi connectivity index (χ4v) is 2.51. The summed E-state index contributed by atoms with van der Waals surface area (Å²) in [5.74, 6) is 0.0186. The van der Waals surface area contributed by atoms with Gasteiger partial charge in [-0.25, -0.2) is 0 Å². The maximum atomic E-state index is 12.4. The second kappa shape index (κ2) is 7.13. The first-order chi connectivity index (χ1) is 12.1. The largest absolute Gasteiger partial charge is 0.435 e. The Bertz CT molecular complexity index is 932. The van der Waals surface area contributed by atoms with Gasteiger partial charge in [0.25, 0.3) is 0 Å². The molecule has 6 nitrogen and oxygen atoms in total. The summed E-state index contributed by atoms with van der Waals surface area (Å²) < 4.78 is 31.1. The van der Waals surface area contributed by atoms with E-state index in [1.54, 1.807) is 16.9 Å². The van der Waals surface area contributed by atoms with Gasteiger partial charge in [0.05, 0.1) is 29.5 Å². The van der Waals surface area contributed by atoms with Crippen LogP contribution in [0.5, 0.6) is 5.75 Å². The molecule has 0 saturated carbocycles. The molecule has 0 saturated heterocycles. The van der Waals surface area contributed by atoms with Gasteiger partial charge in [-0.15, -0.1) is 0 Å². The van der Waals surface area contributed by atoms with Gasteiger partial charge in [0, 0.05) is 24.3 Å². The van der Waals surface area contributed by atoms with Gasteiger partial charge < -0.3 is 10.1 Å². The minimum Gasteiger partial charge on any atom is -0.435 e. The number of pyridine rings is 1. The maximum Gasteiger partial charge on any atom is 0.387 e. The van der Waals surface area contributed by atoms with Crippen LogP contribution in [0, 0.1) is 18.3 Å². The third-order valence-corrected chi connectivity index (χ3v) is 3.59. The number of nitrogens with zero attached hydrogens (tertiary/aromatic N) is 4. The standard InChI is InChI=1S/C17H15F2N5O/c1-11-8-23-24(10-11)5-4-21-16-12(7-20)9-22-15-3-2-13(6-14(15)16)25-17(18)19/h2-3,6,8-10,17H,4-5H2,1H3,(H,21,22). The zero-order chi connectivity index (χ0) is 17.8. The van der Waals surface area contributed by atoms with E-state index in [9.17, 15) is 14.0 Å². The van der Waals surface area contributed by atoms with Gasteiger partial charge in [0.15, 0.2) is 0 Å². The van der Waals surface area contributed by atoms with Crippen molar-refractivity contribution in [3.05, 3.63) is 47.9 Å². The lowest BCUT2D eigenvalue weighted by Crippen LogP contribution is -2.12. The van der Waals surface area contributed by atoms with Crippen molar-refractivity contribution in [2.45, 2.75) is 20.1 Å². The van der Waals surface area contributed by atoms with E-state index in [2.05, 4.69) is 26.2 Å². The van der Waals surface area contributed by atoms with Crippen molar-refractivity contribution < 1.29 is 13.5 Å². The number of hydrogen-bond donors (Lipinski definition) is 1. The fraction of sp³-hybridized carbons (Fsp3) is 0.235. The molecule has 3 rings (SSSR count). The van der Waals surface area contributed by atoms with Crippen molar-refractivity contribution in [3.8, 4) is 11.8 Å². The Labute approximate surface area is 142 Å². The van der Waals surface area contributed by atoms with E-state index in [0.717, 1.165) is 5.56 Å². The molecule has 0 aliphatic rings. The predicted molar refractivity (Wildman–Crippen MR) is 88.5 cm³/mol. The van der Waals surface area contributed by atoms with Gasteiger partial charge >= 0.3 is 6.61 Å². The van der Waals surface area contributed by atoms with Crippen LogP contribution < -0.4 is 10.1 Å². The summed E-state index contributed by atoms with van der Waals surface area (Å²) in [5.41, 5.74) is 2.51. The SMILES string of the molecule is Cc1cnn(CCNc2c(C#N)cnc3ccc(OC(F)F)cc23)c1. The highest BCUT2D eigenvalue weighted by molar-refractivity contribution is 5.94. The second-order valence-electron chi connectivity index (χ2n) is 5.42. The summed E-state index contributed by atoms with van der Waals surface area (Å²) in [5, 5.41) is 17.2. The number of anilines is 1. The molecule has 3 aromatic rings. The zero-order valence-corrected chi connectivity index (χ0v) is 13.4. The Morgan fingerprint density at radius 1 is 1.36 bits per heavy atom. The Hall–Kier alpha value is -3.21. The molecule has 0 aliphatic carbocycles. The summed E-state index contributed by atoms with van der Waals surface area (Å²) in [6.07, 6.45) is 5.12. The molecule has 8 heteroatoms. The van der Waals surface area contributed by atoms with E-state index in [1.807, 2.05) is 13.1 Å². The van der Waals surface area contributed by atoms with Crippen LogP contribution in [0.3, 0.4) is 0 Å². The average molecular weight is 343 g/mol. The monoisotopic (exact) mass is 343 g/mol. The van der Waals surface area contributed by atoms with Crippen molar-refractivity contribution in [1.29, 1.82) is 5.26 Å². The molecule has 25 heavy (non-hydrogen) atoms. The van der Waals surface area contributed by atoms with Crippen LogP contribution in [0.15, 0.2) is 36.8 Å². The lowest BCUT2D eigenvalue weighted by Gasteiger charge is -2.13. The number of aryl methyl sites for hydroxylation is 1. The summed E-state index contributed by atoms with van der Waals surface area (Å²) in [6, 6.07) is 6.52. The van der Waals surface area contributed by atoms with Crippen molar-refractivity contribution in [2.24, 2.45) is 0 Å². The number of alkyl halides is 2. The molecule has 0 atom stereocenters. The van der Waals surface area contributed by atoms with Crippen LogP contribution in [0.2, 0.25) is 0 Å². The van der Waals surface area contributed by atoms with Crippen LogP contribution in [-0.4, -0.2) is 27.9 Å². The van der Waals surface area contributed by atoms with E-state index in [1.165, 1.54) is 18.3 Å². The third-order valence-electron chi connectivity index (χ3n) is 3.59. The minimum atomic E-state index is -2.91. The first-order valence-corrected chi connectivity index (χ1v) is 7.57. The number of nitriles is 1. The highest BCUT2D eigenvalue weighted by Gasteiger charge is 2.11. The minimum absolute atomic E-state index is 0.0186. The molecular formula is C17H15F2N5O. The fourth-order valence-electron chi connectivity index (χ4n) is 2.51. The average Bonchev–Trinajstić information content (AvgIpc) is 2.99. The summed E-state index contributed by atoms with van der Waals surface area (Å²) in [7, 11) is 0. The molecule has 1 N–H and O–H groups in total. The predicted octanol–water partition coefficient (Wildman–Crippen LogP) is 3.32. The number of benzene rings is 1. The lowest BCUT2D eigenvalue weighted by molar-refractivity contribution is -0.0497. The molecule has 0 fully saturated rings. The maximum absolute atomic E-state index is 12.4. The molecule has 0 amide bonds. The van der Waals surface area contributed by atoms with Crippen molar-refractivity contribution in [2.75, 3.05) is 11.9 Å². The van der Waals surface area contributed by atoms with Crippen molar-refractivity contribution >= 4 is 16.6 Å².